The van der Waals surface area contributed by atoms with Crippen molar-refractivity contribution in [3.05, 3.63) is 64.4 Å². The van der Waals surface area contributed by atoms with E-state index in [-0.39, 0.29) is 5.92 Å². The standard InChI is InChI=1S/C24H26BrN5O2/c1-24(8-6-13-2-3-14-11-16(25)23(27)29-18(14)10-13)12-15(21(31)22(24)32)19-4-5-20-17(26)7-9-28-30(19)20/h2-5,7,9-11,15,21-22,31-32H,6,8,12,26H2,1H3,(H2,27,29)/t15-,21-,22-,24-/m0/s1. The number of pyridine rings is 1. The number of hydrogen-bond donors (Lipinski definition) is 4. The van der Waals surface area contributed by atoms with Gasteiger partial charge in [0.2, 0.25) is 0 Å². The number of anilines is 2. The fraction of sp³-hybridized carbons (Fsp3) is 0.333. The van der Waals surface area contributed by atoms with Crippen molar-refractivity contribution in [2.45, 2.75) is 44.3 Å². The molecular weight excluding hydrogens is 470 g/mol. The zero-order valence-corrected chi connectivity index (χ0v) is 19.3. The van der Waals surface area contributed by atoms with Gasteiger partial charge in [0, 0.05) is 23.2 Å². The van der Waals surface area contributed by atoms with Gasteiger partial charge in [-0.25, -0.2) is 9.50 Å². The number of aliphatic hydroxyl groups is 2. The summed E-state index contributed by atoms with van der Waals surface area (Å²) in [5.74, 6) is 0.245. The second kappa shape index (κ2) is 7.72. The summed E-state index contributed by atoms with van der Waals surface area (Å²) in [6, 6.07) is 13.8. The highest BCUT2D eigenvalue weighted by molar-refractivity contribution is 9.10. The van der Waals surface area contributed by atoms with Crippen molar-refractivity contribution in [3.8, 4) is 0 Å². The molecule has 3 aromatic heterocycles. The second-order valence-corrected chi connectivity index (χ2v) is 9.98. The molecule has 4 atom stereocenters. The Morgan fingerprint density at radius 2 is 1.97 bits per heavy atom. The molecule has 1 saturated carbocycles. The van der Waals surface area contributed by atoms with E-state index >= 15 is 0 Å². The smallest absolute Gasteiger partial charge is 0.138 e. The average molecular weight is 496 g/mol. The molecule has 32 heavy (non-hydrogen) atoms. The molecule has 7 nitrogen and oxygen atoms in total. The Bertz CT molecular complexity index is 1320. The summed E-state index contributed by atoms with van der Waals surface area (Å²) in [4.78, 5) is 4.46. The molecule has 3 heterocycles. The SMILES string of the molecule is C[C@]1(CCc2ccc3cc(Br)c(N)nc3c2)C[C@@H](c2ccc3c(N)ccnn23)[C@H](O)[C@@H]1O. The largest absolute Gasteiger partial charge is 0.397 e. The van der Waals surface area contributed by atoms with Gasteiger partial charge in [-0.05, 0) is 76.5 Å². The minimum Gasteiger partial charge on any atom is -0.397 e. The third-order valence-electron chi connectivity index (χ3n) is 6.98. The predicted octanol–water partition coefficient (Wildman–Crippen LogP) is 3.66. The fourth-order valence-electron chi connectivity index (χ4n) is 5.03. The van der Waals surface area contributed by atoms with Crippen LogP contribution in [0.15, 0.2) is 53.1 Å². The number of hydrogen-bond acceptors (Lipinski definition) is 6. The summed E-state index contributed by atoms with van der Waals surface area (Å²) in [6.45, 7) is 2.05. The maximum absolute atomic E-state index is 11.0. The van der Waals surface area contributed by atoms with Gasteiger partial charge >= 0.3 is 0 Å². The molecule has 1 aromatic carbocycles. The van der Waals surface area contributed by atoms with Crippen LogP contribution in [0.5, 0.6) is 0 Å². The summed E-state index contributed by atoms with van der Waals surface area (Å²) in [7, 11) is 0. The number of aliphatic hydroxyl groups excluding tert-OH is 2. The van der Waals surface area contributed by atoms with Crippen LogP contribution in [-0.4, -0.2) is 37.0 Å². The molecule has 1 fully saturated rings. The molecule has 0 spiro atoms. The van der Waals surface area contributed by atoms with E-state index in [4.69, 9.17) is 11.5 Å². The first-order valence-corrected chi connectivity index (χ1v) is 11.5. The van der Waals surface area contributed by atoms with Gasteiger partial charge in [0.25, 0.3) is 0 Å². The molecular formula is C24H26BrN5O2. The highest BCUT2D eigenvalue weighted by Gasteiger charge is 2.50. The molecule has 6 N–H and O–H groups in total. The Hall–Kier alpha value is -2.68. The van der Waals surface area contributed by atoms with Gasteiger partial charge in [0.1, 0.15) is 5.82 Å². The number of aromatic nitrogens is 3. The summed E-state index contributed by atoms with van der Waals surface area (Å²) < 4.78 is 2.56. The minimum absolute atomic E-state index is 0.220. The molecule has 5 rings (SSSR count). The first-order valence-electron chi connectivity index (χ1n) is 10.7. The van der Waals surface area contributed by atoms with Gasteiger partial charge < -0.3 is 21.7 Å². The Morgan fingerprint density at radius 3 is 2.78 bits per heavy atom. The van der Waals surface area contributed by atoms with Gasteiger partial charge in [-0.2, -0.15) is 5.10 Å². The van der Waals surface area contributed by atoms with Gasteiger partial charge in [-0.3, -0.25) is 0 Å². The van der Waals surface area contributed by atoms with E-state index in [0.717, 1.165) is 45.0 Å². The molecule has 0 saturated heterocycles. The average Bonchev–Trinajstić information content (AvgIpc) is 3.29. The predicted molar refractivity (Wildman–Crippen MR) is 129 cm³/mol. The maximum Gasteiger partial charge on any atom is 0.138 e. The Labute approximate surface area is 194 Å². The lowest BCUT2D eigenvalue weighted by atomic mass is 9.80. The fourth-order valence-corrected chi connectivity index (χ4v) is 5.37. The number of nitrogen functional groups attached to an aromatic ring is 2. The monoisotopic (exact) mass is 495 g/mol. The maximum atomic E-state index is 11.0. The van der Waals surface area contributed by atoms with E-state index in [1.54, 1.807) is 16.8 Å². The van der Waals surface area contributed by atoms with Crippen molar-refractivity contribution in [3.63, 3.8) is 0 Å². The molecule has 0 aliphatic heterocycles. The van der Waals surface area contributed by atoms with Gasteiger partial charge in [0.15, 0.2) is 0 Å². The summed E-state index contributed by atoms with van der Waals surface area (Å²) in [6.07, 6.45) is 2.12. The molecule has 0 unspecified atom stereocenters. The normalized spacial score (nSPS) is 25.7. The van der Waals surface area contributed by atoms with E-state index in [0.29, 0.717) is 17.9 Å². The first-order chi connectivity index (χ1) is 15.3. The number of aryl methyl sites for hydroxylation is 1. The van der Waals surface area contributed by atoms with E-state index < -0.39 is 17.6 Å². The number of rotatable bonds is 4. The van der Waals surface area contributed by atoms with Crippen LogP contribution in [0.25, 0.3) is 16.4 Å². The zero-order chi connectivity index (χ0) is 22.6. The molecule has 1 aliphatic rings. The van der Waals surface area contributed by atoms with Crippen LogP contribution in [0, 0.1) is 5.41 Å². The van der Waals surface area contributed by atoms with E-state index in [2.05, 4.69) is 32.1 Å². The number of nitrogens with two attached hydrogens (primary N) is 2. The van der Waals surface area contributed by atoms with Crippen molar-refractivity contribution < 1.29 is 10.2 Å². The lowest BCUT2D eigenvalue weighted by molar-refractivity contribution is -0.0204. The highest BCUT2D eigenvalue weighted by atomic mass is 79.9. The number of nitrogens with zero attached hydrogens (tertiary/aromatic N) is 3. The minimum atomic E-state index is -0.864. The van der Waals surface area contributed by atoms with Crippen molar-refractivity contribution in [2.75, 3.05) is 11.5 Å². The zero-order valence-electron chi connectivity index (χ0n) is 17.7. The number of benzene rings is 1. The second-order valence-electron chi connectivity index (χ2n) is 9.12. The number of fused-ring (bicyclic) bond motifs is 2. The quantitative estimate of drug-likeness (QED) is 0.342. The van der Waals surface area contributed by atoms with Crippen LogP contribution < -0.4 is 11.5 Å². The van der Waals surface area contributed by atoms with E-state index in [9.17, 15) is 10.2 Å². The lowest BCUT2D eigenvalue weighted by Crippen LogP contribution is -2.34. The first kappa shape index (κ1) is 21.2. The molecule has 1 aliphatic carbocycles. The van der Waals surface area contributed by atoms with E-state index in [1.807, 2.05) is 37.3 Å². The van der Waals surface area contributed by atoms with Crippen LogP contribution >= 0.6 is 15.9 Å². The highest BCUT2D eigenvalue weighted by Crippen LogP contribution is 2.49. The van der Waals surface area contributed by atoms with Crippen LogP contribution in [0.2, 0.25) is 0 Å². The Balaban J connectivity index is 1.38. The Morgan fingerprint density at radius 1 is 1.16 bits per heavy atom. The van der Waals surface area contributed by atoms with Gasteiger partial charge in [-0.1, -0.05) is 19.1 Å². The molecule has 0 amide bonds. The topological polar surface area (TPSA) is 123 Å². The summed E-state index contributed by atoms with van der Waals surface area (Å²) >= 11 is 3.42. The lowest BCUT2D eigenvalue weighted by Gasteiger charge is -2.28. The van der Waals surface area contributed by atoms with E-state index in [1.165, 1.54) is 0 Å². The number of halogens is 1. The Kier molecular flexibility index (Phi) is 5.11. The van der Waals surface area contributed by atoms with Crippen LogP contribution in [-0.2, 0) is 6.42 Å². The van der Waals surface area contributed by atoms with Crippen molar-refractivity contribution >= 4 is 43.9 Å². The van der Waals surface area contributed by atoms with Crippen LogP contribution in [0.4, 0.5) is 11.5 Å². The molecule has 0 bridgehead atoms. The van der Waals surface area contributed by atoms with Crippen molar-refractivity contribution in [1.82, 2.24) is 14.6 Å². The molecule has 0 radical (unpaired) electrons. The molecule has 4 aromatic rings. The van der Waals surface area contributed by atoms with Gasteiger partial charge in [0.05, 0.1) is 33.4 Å². The molecule has 166 valence electrons. The van der Waals surface area contributed by atoms with Gasteiger partial charge in [-0.15, -0.1) is 0 Å². The van der Waals surface area contributed by atoms with Crippen LogP contribution in [0.3, 0.4) is 0 Å². The summed E-state index contributed by atoms with van der Waals surface area (Å²) in [5.41, 5.74) is 15.9. The van der Waals surface area contributed by atoms with Crippen molar-refractivity contribution in [1.29, 1.82) is 0 Å². The molecule has 8 heteroatoms. The van der Waals surface area contributed by atoms with Crippen molar-refractivity contribution in [2.24, 2.45) is 5.41 Å². The summed E-state index contributed by atoms with van der Waals surface area (Å²) in [5, 5.41) is 27.4. The third-order valence-corrected chi connectivity index (χ3v) is 7.62. The van der Waals surface area contributed by atoms with Crippen LogP contribution in [0.1, 0.15) is 36.9 Å². The third kappa shape index (κ3) is 3.43.